The van der Waals surface area contributed by atoms with Gasteiger partial charge in [0.2, 0.25) is 0 Å². The molecule has 4 nitrogen and oxygen atoms in total. The molecular formula is C10H19N3O. The maximum Gasteiger partial charge on any atom is 0.323 e. The van der Waals surface area contributed by atoms with Crippen LogP contribution in [0.3, 0.4) is 0 Å². The van der Waals surface area contributed by atoms with Crippen LogP contribution in [0.5, 0.6) is 0 Å². The molecule has 14 heavy (non-hydrogen) atoms. The van der Waals surface area contributed by atoms with E-state index >= 15 is 0 Å². The van der Waals surface area contributed by atoms with E-state index < -0.39 is 5.54 Å². The second kappa shape index (κ2) is 3.59. The summed E-state index contributed by atoms with van der Waals surface area (Å²) < 4.78 is 0. The van der Waals surface area contributed by atoms with Crippen LogP contribution in [-0.2, 0) is 0 Å². The number of amidine groups is 1. The van der Waals surface area contributed by atoms with Gasteiger partial charge in [-0.3, -0.25) is 10.7 Å². The average molecular weight is 197 g/mol. The van der Waals surface area contributed by atoms with E-state index in [1.807, 2.05) is 6.92 Å². The van der Waals surface area contributed by atoms with Gasteiger partial charge in [-0.15, -0.1) is 0 Å². The van der Waals surface area contributed by atoms with Gasteiger partial charge in [-0.2, -0.15) is 0 Å². The molecule has 1 saturated heterocycles. The van der Waals surface area contributed by atoms with Gasteiger partial charge in [-0.05, 0) is 25.7 Å². The van der Waals surface area contributed by atoms with Gasteiger partial charge in [0.25, 0.3) is 0 Å². The van der Waals surface area contributed by atoms with Gasteiger partial charge in [0, 0.05) is 7.05 Å². The first-order valence-corrected chi connectivity index (χ1v) is 5.02. The van der Waals surface area contributed by atoms with Crippen LogP contribution in [0, 0.1) is 11.3 Å². The van der Waals surface area contributed by atoms with Gasteiger partial charge in [-0.25, -0.2) is 4.79 Å². The van der Waals surface area contributed by atoms with Gasteiger partial charge >= 0.3 is 6.03 Å². The van der Waals surface area contributed by atoms with E-state index in [0.717, 1.165) is 12.8 Å². The number of likely N-dealkylation sites (N-methyl/N-ethyl adjacent to an activating group) is 1. The van der Waals surface area contributed by atoms with Crippen molar-refractivity contribution in [3.63, 3.8) is 0 Å². The van der Waals surface area contributed by atoms with E-state index in [1.165, 1.54) is 0 Å². The third kappa shape index (κ3) is 1.74. The maximum atomic E-state index is 11.3. The molecule has 1 heterocycles. The molecule has 0 radical (unpaired) electrons. The summed E-state index contributed by atoms with van der Waals surface area (Å²) in [6, 6.07) is -0.166. The van der Waals surface area contributed by atoms with Crippen LogP contribution in [0.4, 0.5) is 4.79 Å². The van der Waals surface area contributed by atoms with Crippen molar-refractivity contribution < 1.29 is 4.79 Å². The van der Waals surface area contributed by atoms with E-state index in [4.69, 9.17) is 5.41 Å². The predicted octanol–water partition coefficient (Wildman–Crippen LogP) is 1.81. The highest BCUT2D eigenvalue weighted by molar-refractivity contribution is 6.07. The van der Waals surface area contributed by atoms with Crippen LogP contribution in [0.1, 0.15) is 33.6 Å². The molecule has 1 atom stereocenters. The highest BCUT2D eigenvalue weighted by Crippen LogP contribution is 2.26. The smallest absolute Gasteiger partial charge is 0.315 e. The van der Waals surface area contributed by atoms with Crippen LogP contribution in [0.2, 0.25) is 0 Å². The van der Waals surface area contributed by atoms with Crippen molar-refractivity contribution in [2.24, 2.45) is 5.92 Å². The second-order valence-electron chi connectivity index (χ2n) is 4.57. The zero-order valence-corrected chi connectivity index (χ0v) is 9.35. The molecule has 0 aromatic carbocycles. The van der Waals surface area contributed by atoms with Gasteiger partial charge in [-0.1, -0.05) is 13.8 Å². The molecular weight excluding hydrogens is 178 g/mol. The molecule has 0 spiro atoms. The largest absolute Gasteiger partial charge is 0.323 e. The van der Waals surface area contributed by atoms with Crippen molar-refractivity contribution in [2.75, 3.05) is 7.05 Å². The Kier molecular flexibility index (Phi) is 2.83. The monoisotopic (exact) mass is 197 g/mol. The lowest BCUT2D eigenvalue weighted by atomic mass is 9.91. The number of urea groups is 1. The van der Waals surface area contributed by atoms with Crippen LogP contribution < -0.4 is 5.32 Å². The Morgan fingerprint density at radius 1 is 1.57 bits per heavy atom. The van der Waals surface area contributed by atoms with E-state index in [1.54, 1.807) is 11.9 Å². The standard InChI is InChI=1S/C10H19N3O/c1-7(2)5-6-10(3)8(11)12-9(14)13(10)4/h7H,5-6H2,1-4H3,(H2,11,12,14). The van der Waals surface area contributed by atoms with Crippen LogP contribution in [0.25, 0.3) is 0 Å². The fourth-order valence-electron chi connectivity index (χ4n) is 1.58. The summed E-state index contributed by atoms with van der Waals surface area (Å²) in [6.07, 6.45) is 1.87. The Labute approximate surface area is 85.2 Å². The lowest BCUT2D eigenvalue weighted by molar-refractivity contribution is 0.190. The Morgan fingerprint density at radius 3 is 2.50 bits per heavy atom. The van der Waals surface area contributed by atoms with Crippen molar-refractivity contribution in [1.29, 1.82) is 5.41 Å². The number of amides is 2. The van der Waals surface area contributed by atoms with E-state index in [2.05, 4.69) is 19.2 Å². The van der Waals surface area contributed by atoms with E-state index in [9.17, 15) is 4.79 Å². The molecule has 2 amide bonds. The molecule has 2 N–H and O–H groups in total. The topological polar surface area (TPSA) is 56.2 Å². The Hall–Kier alpha value is -1.06. The Bertz CT molecular complexity index is 262. The van der Waals surface area contributed by atoms with E-state index in [0.29, 0.717) is 11.8 Å². The van der Waals surface area contributed by atoms with Crippen LogP contribution in [-0.4, -0.2) is 29.4 Å². The third-order valence-corrected chi connectivity index (χ3v) is 3.02. The van der Waals surface area contributed by atoms with Crippen molar-refractivity contribution in [1.82, 2.24) is 10.2 Å². The normalized spacial score (nSPS) is 27.4. The van der Waals surface area contributed by atoms with Gasteiger partial charge in [0.15, 0.2) is 0 Å². The minimum atomic E-state index is -0.429. The molecule has 4 heteroatoms. The molecule has 1 aliphatic rings. The zero-order chi connectivity index (χ0) is 10.9. The summed E-state index contributed by atoms with van der Waals surface area (Å²) in [5, 5.41) is 10.3. The van der Waals surface area contributed by atoms with Crippen molar-refractivity contribution in [3.05, 3.63) is 0 Å². The maximum absolute atomic E-state index is 11.3. The molecule has 0 bridgehead atoms. The molecule has 0 saturated carbocycles. The molecule has 0 aromatic rings. The first kappa shape index (κ1) is 11.0. The van der Waals surface area contributed by atoms with Gasteiger partial charge in [0.1, 0.15) is 5.84 Å². The van der Waals surface area contributed by atoms with Crippen molar-refractivity contribution >= 4 is 11.9 Å². The first-order chi connectivity index (χ1) is 6.38. The Morgan fingerprint density at radius 2 is 2.14 bits per heavy atom. The molecule has 0 aliphatic carbocycles. The quantitative estimate of drug-likeness (QED) is 0.712. The average Bonchev–Trinajstić information content (AvgIpc) is 2.28. The molecule has 80 valence electrons. The molecule has 1 rings (SSSR count). The SMILES string of the molecule is CC(C)CCC1(C)C(=N)NC(=O)N1C. The summed E-state index contributed by atoms with van der Waals surface area (Å²) in [6.45, 7) is 6.24. The molecule has 1 fully saturated rings. The lowest BCUT2D eigenvalue weighted by Gasteiger charge is -2.30. The lowest BCUT2D eigenvalue weighted by Crippen LogP contribution is -2.44. The number of nitrogens with zero attached hydrogens (tertiary/aromatic N) is 1. The second-order valence-corrected chi connectivity index (χ2v) is 4.57. The summed E-state index contributed by atoms with van der Waals surface area (Å²) >= 11 is 0. The molecule has 0 aromatic heterocycles. The fraction of sp³-hybridized carbons (Fsp3) is 0.800. The van der Waals surface area contributed by atoms with Crippen LogP contribution >= 0.6 is 0 Å². The van der Waals surface area contributed by atoms with E-state index in [-0.39, 0.29) is 6.03 Å². The first-order valence-electron chi connectivity index (χ1n) is 5.02. The summed E-state index contributed by atoms with van der Waals surface area (Å²) in [5.74, 6) is 0.925. The van der Waals surface area contributed by atoms with Crippen LogP contribution in [0.15, 0.2) is 0 Å². The summed E-state index contributed by atoms with van der Waals surface area (Å²) in [5.41, 5.74) is -0.429. The van der Waals surface area contributed by atoms with Gasteiger partial charge in [0.05, 0.1) is 5.54 Å². The molecule has 1 aliphatic heterocycles. The highest BCUT2D eigenvalue weighted by atomic mass is 16.2. The number of hydrogen-bond donors (Lipinski definition) is 2. The number of carbonyl (C=O) groups excluding carboxylic acids is 1. The Balaban J connectivity index is 2.72. The number of carbonyl (C=O) groups is 1. The number of rotatable bonds is 3. The highest BCUT2D eigenvalue weighted by Gasteiger charge is 2.43. The van der Waals surface area contributed by atoms with Crippen molar-refractivity contribution in [2.45, 2.75) is 39.2 Å². The minimum Gasteiger partial charge on any atom is -0.315 e. The minimum absolute atomic E-state index is 0.166. The predicted molar refractivity (Wildman–Crippen MR) is 56.5 cm³/mol. The number of hydrogen-bond acceptors (Lipinski definition) is 2. The third-order valence-electron chi connectivity index (χ3n) is 3.02. The zero-order valence-electron chi connectivity index (χ0n) is 9.35. The molecule has 1 unspecified atom stereocenters. The summed E-state index contributed by atoms with van der Waals surface area (Å²) in [4.78, 5) is 12.9. The number of nitrogens with one attached hydrogen (secondary N) is 2. The fourth-order valence-corrected chi connectivity index (χ4v) is 1.58. The van der Waals surface area contributed by atoms with Gasteiger partial charge < -0.3 is 4.90 Å². The van der Waals surface area contributed by atoms with Crippen molar-refractivity contribution in [3.8, 4) is 0 Å². The summed E-state index contributed by atoms with van der Waals surface area (Å²) in [7, 11) is 1.75.